The van der Waals surface area contributed by atoms with Gasteiger partial charge >= 0.3 is 0 Å². The molecule has 3 rings (SSSR count). The first-order valence-electron chi connectivity index (χ1n) is 7.63. The maximum Gasteiger partial charge on any atom is 0.237 e. The zero-order valence-corrected chi connectivity index (χ0v) is 14.8. The number of hydrogen-bond donors (Lipinski definition) is 1. The smallest absolute Gasteiger partial charge is 0.237 e. The van der Waals surface area contributed by atoms with Crippen molar-refractivity contribution in [2.24, 2.45) is 0 Å². The van der Waals surface area contributed by atoms with Crippen molar-refractivity contribution in [3.05, 3.63) is 53.1 Å². The lowest BCUT2D eigenvalue weighted by atomic mass is 10.2. The number of anilines is 2. The van der Waals surface area contributed by atoms with Gasteiger partial charge in [0, 0.05) is 28.6 Å². The van der Waals surface area contributed by atoms with E-state index in [4.69, 9.17) is 11.6 Å². The zero-order chi connectivity index (χ0) is 17.1. The first-order chi connectivity index (χ1) is 11.5. The largest absolute Gasteiger partial charge is 0.326 e. The fraction of sp³-hybridized carbons (Fsp3) is 0.222. The average molecular weight is 361 g/mol. The minimum absolute atomic E-state index is 0.0363. The van der Waals surface area contributed by atoms with E-state index in [2.05, 4.69) is 5.32 Å². The molecule has 0 unspecified atom stereocenters. The second-order valence-electron chi connectivity index (χ2n) is 5.56. The predicted molar refractivity (Wildman–Crippen MR) is 99.0 cm³/mol. The normalized spacial score (nSPS) is 13.6. The summed E-state index contributed by atoms with van der Waals surface area (Å²) in [5, 5.41) is 3.51. The van der Waals surface area contributed by atoms with Gasteiger partial charge in [0.05, 0.1) is 11.4 Å². The highest BCUT2D eigenvalue weighted by molar-refractivity contribution is 8.00. The summed E-state index contributed by atoms with van der Waals surface area (Å²) in [6, 6.07) is 13.1. The van der Waals surface area contributed by atoms with Crippen LogP contribution in [0.5, 0.6) is 0 Å². The Hall–Kier alpha value is -1.98. The number of aryl methyl sites for hydroxylation is 1. The van der Waals surface area contributed by atoms with E-state index in [0.717, 1.165) is 21.8 Å². The van der Waals surface area contributed by atoms with Crippen molar-refractivity contribution < 1.29 is 9.59 Å². The molecule has 2 amide bonds. The molecule has 24 heavy (non-hydrogen) atoms. The monoisotopic (exact) mass is 360 g/mol. The molecule has 0 fully saturated rings. The van der Waals surface area contributed by atoms with Crippen molar-refractivity contribution in [1.82, 2.24) is 0 Å². The highest BCUT2D eigenvalue weighted by atomic mass is 35.5. The molecule has 0 radical (unpaired) electrons. The summed E-state index contributed by atoms with van der Waals surface area (Å²) in [6.45, 7) is 2.26. The lowest BCUT2D eigenvalue weighted by Crippen LogP contribution is -2.37. The van der Waals surface area contributed by atoms with Crippen molar-refractivity contribution in [2.45, 2.75) is 18.2 Å². The lowest BCUT2D eigenvalue weighted by molar-refractivity contribution is -0.117. The number of nitrogens with zero attached hydrogens (tertiary/aromatic N) is 1. The van der Waals surface area contributed by atoms with Gasteiger partial charge in [-0.1, -0.05) is 23.7 Å². The standard InChI is InChI=1S/C18H17ClN2O2S/c1-12-10-13(19)6-7-14(12)20-17(22)8-9-21-15-4-2-3-5-16(15)24-11-18(21)23/h2-7,10H,8-9,11H2,1H3,(H,20,22). The molecule has 1 heterocycles. The molecule has 6 heteroatoms. The maximum atomic E-state index is 12.2. The van der Waals surface area contributed by atoms with Crippen LogP contribution in [0.1, 0.15) is 12.0 Å². The van der Waals surface area contributed by atoms with E-state index in [1.807, 2.05) is 31.2 Å². The number of carbonyl (C=O) groups is 2. The van der Waals surface area contributed by atoms with Gasteiger partial charge in [0.2, 0.25) is 11.8 Å². The zero-order valence-electron chi connectivity index (χ0n) is 13.2. The Balaban J connectivity index is 1.65. The van der Waals surface area contributed by atoms with E-state index >= 15 is 0 Å². The number of benzene rings is 2. The van der Waals surface area contributed by atoms with Crippen LogP contribution in [0, 0.1) is 6.92 Å². The third-order valence-corrected chi connectivity index (χ3v) is 5.12. The van der Waals surface area contributed by atoms with E-state index in [1.165, 1.54) is 11.8 Å². The SMILES string of the molecule is Cc1cc(Cl)ccc1NC(=O)CCN1C(=O)CSc2ccccc21. The quantitative estimate of drug-likeness (QED) is 0.892. The molecular formula is C18H17ClN2O2S. The molecule has 2 aromatic carbocycles. The molecule has 1 aliphatic rings. The summed E-state index contributed by atoms with van der Waals surface area (Å²) in [5.74, 6) is 0.327. The highest BCUT2D eigenvalue weighted by Crippen LogP contribution is 2.34. The van der Waals surface area contributed by atoms with Crippen LogP contribution in [0.2, 0.25) is 5.02 Å². The van der Waals surface area contributed by atoms with Crippen molar-refractivity contribution in [1.29, 1.82) is 0 Å². The van der Waals surface area contributed by atoms with Gasteiger partial charge in [-0.2, -0.15) is 0 Å². The van der Waals surface area contributed by atoms with Gasteiger partial charge < -0.3 is 10.2 Å². The van der Waals surface area contributed by atoms with E-state index in [1.54, 1.807) is 23.1 Å². The van der Waals surface area contributed by atoms with Crippen LogP contribution in [-0.2, 0) is 9.59 Å². The Morgan fingerprint density at radius 3 is 2.88 bits per heavy atom. The number of carbonyl (C=O) groups excluding carboxylic acids is 2. The van der Waals surface area contributed by atoms with E-state index in [0.29, 0.717) is 17.3 Å². The first-order valence-corrected chi connectivity index (χ1v) is 8.99. The van der Waals surface area contributed by atoms with Gasteiger partial charge in [0.25, 0.3) is 0 Å². The molecule has 0 aliphatic carbocycles. The van der Waals surface area contributed by atoms with Crippen molar-refractivity contribution in [3.8, 4) is 0 Å². The van der Waals surface area contributed by atoms with Crippen molar-refractivity contribution in [3.63, 3.8) is 0 Å². The number of fused-ring (bicyclic) bond motifs is 1. The van der Waals surface area contributed by atoms with Crippen LogP contribution >= 0.6 is 23.4 Å². The molecule has 124 valence electrons. The van der Waals surface area contributed by atoms with Crippen LogP contribution in [0.3, 0.4) is 0 Å². The fourth-order valence-corrected chi connectivity index (χ4v) is 3.75. The van der Waals surface area contributed by atoms with E-state index < -0.39 is 0 Å². The molecule has 0 saturated carbocycles. The van der Waals surface area contributed by atoms with E-state index in [-0.39, 0.29) is 18.2 Å². The molecular weight excluding hydrogens is 344 g/mol. The van der Waals surface area contributed by atoms with Crippen LogP contribution in [0.15, 0.2) is 47.4 Å². The summed E-state index contributed by atoms with van der Waals surface area (Å²) in [7, 11) is 0. The minimum atomic E-state index is -0.121. The Bertz CT molecular complexity index is 794. The van der Waals surface area contributed by atoms with E-state index in [9.17, 15) is 9.59 Å². The molecule has 1 N–H and O–H groups in total. The van der Waals surface area contributed by atoms with Crippen molar-refractivity contribution >= 4 is 46.6 Å². The van der Waals surface area contributed by atoms with Crippen LogP contribution in [0.25, 0.3) is 0 Å². The Morgan fingerprint density at radius 2 is 2.08 bits per heavy atom. The maximum absolute atomic E-state index is 12.2. The molecule has 0 bridgehead atoms. The average Bonchev–Trinajstić information content (AvgIpc) is 2.56. The second-order valence-corrected chi connectivity index (χ2v) is 7.01. The fourth-order valence-electron chi connectivity index (χ4n) is 2.59. The molecule has 0 atom stereocenters. The van der Waals surface area contributed by atoms with Crippen LogP contribution in [-0.4, -0.2) is 24.1 Å². The van der Waals surface area contributed by atoms with Crippen LogP contribution < -0.4 is 10.2 Å². The Morgan fingerprint density at radius 1 is 1.29 bits per heavy atom. The third kappa shape index (κ3) is 3.74. The molecule has 0 saturated heterocycles. The minimum Gasteiger partial charge on any atom is -0.326 e. The van der Waals surface area contributed by atoms with Gasteiger partial charge in [-0.3, -0.25) is 9.59 Å². The van der Waals surface area contributed by atoms with Crippen LogP contribution in [0.4, 0.5) is 11.4 Å². The topological polar surface area (TPSA) is 49.4 Å². The predicted octanol–water partition coefficient (Wildman–Crippen LogP) is 4.12. The van der Waals surface area contributed by atoms with Gasteiger partial charge in [0.15, 0.2) is 0 Å². The second kappa shape index (κ2) is 7.28. The number of thioether (sulfide) groups is 1. The van der Waals surface area contributed by atoms with Gasteiger partial charge in [-0.25, -0.2) is 0 Å². The molecule has 0 aromatic heterocycles. The number of nitrogens with one attached hydrogen (secondary N) is 1. The lowest BCUT2D eigenvalue weighted by Gasteiger charge is -2.28. The number of halogens is 1. The summed E-state index contributed by atoms with van der Waals surface area (Å²) in [4.78, 5) is 27.2. The van der Waals surface area contributed by atoms with Gasteiger partial charge in [-0.05, 0) is 42.8 Å². The van der Waals surface area contributed by atoms with Crippen molar-refractivity contribution in [2.75, 3.05) is 22.5 Å². The molecule has 2 aromatic rings. The molecule has 4 nitrogen and oxygen atoms in total. The summed E-state index contributed by atoms with van der Waals surface area (Å²) in [6.07, 6.45) is 0.243. The number of para-hydroxylation sites is 1. The first kappa shape index (κ1) is 16.9. The van der Waals surface area contributed by atoms with Gasteiger partial charge in [-0.15, -0.1) is 11.8 Å². The summed E-state index contributed by atoms with van der Waals surface area (Å²) < 4.78 is 0. The number of hydrogen-bond acceptors (Lipinski definition) is 3. The van der Waals surface area contributed by atoms with Gasteiger partial charge in [0.1, 0.15) is 0 Å². The summed E-state index contributed by atoms with van der Waals surface area (Å²) >= 11 is 7.46. The molecule has 1 aliphatic heterocycles. The highest BCUT2D eigenvalue weighted by Gasteiger charge is 2.24. The molecule has 0 spiro atoms. The third-order valence-electron chi connectivity index (χ3n) is 3.83. The number of amides is 2. The summed E-state index contributed by atoms with van der Waals surface area (Å²) in [5.41, 5.74) is 2.53. The Labute approximate surface area is 150 Å². The number of rotatable bonds is 4. The Kier molecular flexibility index (Phi) is 5.11.